The topological polar surface area (TPSA) is 72.3 Å². The molecule has 1 saturated heterocycles. The van der Waals surface area contributed by atoms with Gasteiger partial charge in [-0.1, -0.05) is 12.8 Å². The number of hydrogen-bond acceptors (Lipinski definition) is 4. The summed E-state index contributed by atoms with van der Waals surface area (Å²) in [5.74, 6) is -0.190. The minimum absolute atomic E-state index is 0.144. The third-order valence-corrected chi connectivity index (χ3v) is 7.10. The number of piperidine rings is 1. The zero-order valence-electron chi connectivity index (χ0n) is 12.9. The molecule has 1 aromatic heterocycles. The van der Waals surface area contributed by atoms with Crippen LogP contribution in [0.2, 0.25) is 0 Å². The van der Waals surface area contributed by atoms with Gasteiger partial charge in [-0.15, -0.1) is 0 Å². The summed E-state index contributed by atoms with van der Waals surface area (Å²) in [6.07, 6.45) is 9.26. The van der Waals surface area contributed by atoms with Crippen molar-refractivity contribution in [1.29, 1.82) is 0 Å². The van der Waals surface area contributed by atoms with E-state index in [9.17, 15) is 13.2 Å². The Balaban J connectivity index is 1.82. The monoisotopic (exact) mass is 325 g/mol. The lowest BCUT2D eigenvalue weighted by Gasteiger charge is -2.38. The highest BCUT2D eigenvalue weighted by Crippen LogP contribution is 2.39. The second kappa shape index (κ2) is 5.68. The molecule has 7 heteroatoms. The van der Waals surface area contributed by atoms with Crippen molar-refractivity contribution < 1.29 is 13.2 Å². The number of likely N-dealkylation sites (tertiary alicyclic amines) is 1. The van der Waals surface area contributed by atoms with E-state index in [1.54, 1.807) is 11.1 Å². The summed E-state index contributed by atoms with van der Waals surface area (Å²) in [5.41, 5.74) is 0. The van der Waals surface area contributed by atoms with Crippen LogP contribution >= 0.6 is 0 Å². The number of sulfone groups is 1. The molecule has 22 heavy (non-hydrogen) atoms. The number of carbonyl (C=O) groups is 1. The molecular weight excluding hydrogens is 302 g/mol. The summed E-state index contributed by atoms with van der Waals surface area (Å²) in [6.45, 7) is 1.20. The predicted molar refractivity (Wildman–Crippen MR) is 83.1 cm³/mol. The molecule has 3 rings (SSSR count). The molecule has 0 bridgehead atoms. The molecule has 2 fully saturated rings. The van der Waals surface area contributed by atoms with Crippen LogP contribution in [-0.2, 0) is 14.6 Å². The van der Waals surface area contributed by atoms with Gasteiger partial charge in [0.15, 0.2) is 14.6 Å². The summed E-state index contributed by atoms with van der Waals surface area (Å²) >= 11 is 0. The normalized spacial score (nSPS) is 25.3. The van der Waals surface area contributed by atoms with Crippen LogP contribution in [0, 0.1) is 0 Å². The van der Waals surface area contributed by atoms with E-state index in [0.717, 1.165) is 25.7 Å². The van der Waals surface area contributed by atoms with E-state index in [2.05, 4.69) is 5.10 Å². The maximum absolute atomic E-state index is 13.0. The number of aromatic nitrogens is 2. The highest BCUT2D eigenvalue weighted by atomic mass is 32.2. The molecule has 0 spiro atoms. The fourth-order valence-electron chi connectivity index (χ4n) is 3.83. The lowest BCUT2D eigenvalue weighted by Crippen LogP contribution is -2.54. The Morgan fingerprint density at radius 2 is 2.00 bits per heavy atom. The number of hydrogen-bond donors (Lipinski definition) is 0. The van der Waals surface area contributed by atoms with Crippen LogP contribution in [0.3, 0.4) is 0 Å². The van der Waals surface area contributed by atoms with Gasteiger partial charge in [-0.2, -0.15) is 5.10 Å². The Kier molecular flexibility index (Phi) is 4.01. The first-order valence-electron chi connectivity index (χ1n) is 7.92. The molecule has 1 saturated carbocycles. The molecule has 1 aliphatic heterocycles. The molecule has 0 aromatic carbocycles. The Hall–Kier alpha value is -1.37. The van der Waals surface area contributed by atoms with E-state index in [-0.39, 0.29) is 11.9 Å². The lowest BCUT2D eigenvalue weighted by atomic mass is 10.0. The molecule has 1 aliphatic carbocycles. The number of carbonyl (C=O) groups excluding carboxylic acids is 1. The van der Waals surface area contributed by atoms with E-state index < -0.39 is 14.6 Å². The third-order valence-electron chi connectivity index (χ3n) is 5.09. The molecule has 0 N–H and O–H groups in total. The van der Waals surface area contributed by atoms with Crippen molar-refractivity contribution in [2.24, 2.45) is 0 Å². The highest BCUT2D eigenvalue weighted by molar-refractivity contribution is 7.92. The standard InChI is InChI=1S/C15H23N3O3S/c1-22(20,21)15(7-2-3-8-15)14(19)17-10-4-6-13(12-17)18-11-5-9-16-18/h5,9,11,13H,2-4,6-8,10,12H2,1H3/t13-/m1/s1. The molecule has 0 radical (unpaired) electrons. The first-order chi connectivity index (χ1) is 10.4. The van der Waals surface area contributed by atoms with Gasteiger partial charge in [0.05, 0.1) is 6.04 Å². The Morgan fingerprint density at radius 3 is 2.59 bits per heavy atom. The van der Waals surface area contributed by atoms with Gasteiger partial charge >= 0.3 is 0 Å². The molecule has 1 aromatic rings. The van der Waals surface area contributed by atoms with Crippen LogP contribution in [-0.4, -0.2) is 53.1 Å². The van der Waals surface area contributed by atoms with Crippen molar-refractivity contribution in [2.75, 3.05) is 19.3 Å². The van der Waals surface area contributed by atoms with E-state index in [4.69, 9.17) is 0 Å². The zero-order chi connectivity index (χ0) is 15.8. The Bertz CT molecular complexity index is 633. The predicted octanol–water partition coefficient (Wildman–Crippen LogP) is 1.40. The summed E-state index contributed by atoms with van der Waals surface area (Å²) in [5, 5.41) is 4.26. The molecule has 122 valence electrons. The van der Waals surface area contributed by atoms with Crippen LogP contribution in [0.15, 0.2) is 18.5 Å². The van der Waals surface area contributed by atoms with Crippen LogP contribution in [0.5, 0.6) is 0 Å². The molecule has 1 atom stereocenters. The van der Waals surface area contributed by atoms with Crippen LogP contribution in [0.4, 0.5) is 0 Å². The summed E-state index contributed by atoms with van der Waals surface area (Å²) in [7, 11) is -3.40. The second-order valence-electron chi connectivity index (χ2n) is 6.51. The first kappa shape index (κ1) is 15.5. The van der Waals surface area contributed by atoms with E-state index in [0.29, 0.717) is 25.9 Å². The quantitative estimate of drug-likeness (QED) is 0.842. The van der Waals surface area contributed by atoms with Gasteiger partial charge in [-0.25, -0.2) is 8.42 Å². The maximum atomic E-state index is 13.0. The minimum atomic E-state index is -3.40. The molecule has 2 aliphatic rings. The van der Waals surface area contributed by atoms with Crippen LogP contribution < -0.4 is 0 Å². The third kappa shape index (κ3) is 2.55. The Morgan fingerprint density at radius 1 is 1.27 bits per heavy atom. The van der Waals surface area contributed by atoms with Gasteiger partial charge in [0, 0.05) is 31.7 Å². The molecule has 0 unspecified atom stereocenters. The largest absolute Gasteiger partial charge is 0.339 e. The SMILES string of the molecule is CS(=O)(=O)C1(C(=O)N2CCC[C@@H](n3cccn3)C2)CCCC1. The summed E-state index contributed by atoms with van der Waals surface area (Å²) in [6, 6.07) is 2.01. The van der Waals surface area contributed by atoms with Crippen molar-refractivity contribution in [3.8, 4) is 0 Å². The first-order valence-corrected chi connectivity index (χ1v) is 9.81. The Labute approximate surface area is 131 Å². The molecule has 2 heterocycles. The summed E-state index contributed by atoms with van der Waals surface area (Å²) in [4.78, 5) is 14.8. The summed E-state index contributed by atoms with van der Waals surface area (Å²) < 4.78 is 25.3. The van der Waals surface area contributed by atoms with E-state index in [1.807, 2.05) is 16.9 Å². The van der Waals surface area contributed by atoms with Gasteiger partial charge in [0.25, 0.3) is 0 Å². The van der Waals surface area contributed by atoms with Gasteiger partial charge in [0.2, 0.25) is 5.91 Å². The number of rotatable bonds is 3. The number of nitrogens with zero attached hydrogens (tertiary/aromatic N) is 3. The molecule has 6 nitrogen and oxygen atoms in total. The van der Waals surface area contributed by atoms with E-state index >= 15 is 0 Å². The fourth-order valence-corrected chi connectivity index (χ4v) is 5.31. The van der Waals surface area contributed by atoms with E-state index in [1.165, 1.54) is 6.26 Å². The van der Waals surface area contributed by atoms with Crippen molar-refractivity contribution >= 4 is 15.7 Å². The van der Waals surface area contributed by atoms with Crippen molar-refractivity contribution in [3.05, 3.63) is 18.5 Å². The van der Waals surface area contributed by atoms with Crippen LogP contribution in [0.1, 0.15) is 44.6 Å². The molecular formula is C15H23N3O3S. The van der Waals surface area contributed by atoms with Crippen molar-refractivity contribution in [2.45, 2.75) is 49.3 Å². The average Bonchev–Trinajstić information content (AvgIpc) is 3.17. The van der Waals surface area contributed by atoms with Crippen molar-refractivity contribution in [3.63, 3.8) is 0 Å². The number of amides is 1. The molecule has 1 amide bonds. The second-order valence-corrected chi connectivity index (χ2v) is 8.83. The maximum Gasteiger partial charge on any atom is 0.244 e. The van der Waals surface area contributed by atoms with Gasteiger partial charge in [-0.05, 0) is 31.7 Å². The zero-order valence-corrected chi connectivity index (χ0v) is 13.8. The van der Waals surface area contributed by atoms with Gasteiger partial charge in [-0.3, -0.25) is 9.48 Å². The van der Waals surface area contributed by atoms with Crippen molar-refractivity contribution in [1.82, 2.24) is 14.7 Å². The average molecular weight is 325 g/mol. The highest BCUT2D eigenvalue weighted by Gasteiger charge is 2.52. The fraction of sp³-hybridized carbons (Fsp3) is 0.733. The smallest absolute Gasteiger partial charge is 0.244 e. The van der Waals surface area contributed by atoms with Gasteiger partial charge < -0.3 is 4.90 Å². The van der Waals surface area contributed by atoms with Crippen LogP contribution in [0.25, 0.3) is 0 Å². The minimum Gasteiger partial charge on any atom is -0.339 e. The van der Waals surface area contributed by atoms with Gasteiger partial charge in [0.1, 0.15) is 0 Å². The lowest BCUT2D eigenvalue weighted by molar-refractivity contribution is -0.135.